The SMILES string of the molecule is CC(=O)NCCC=Cc1ncc(Cl)cn1. The summed E-state index contributed by atoms with van der Waals surface area (Å²) in [6, 6.07) is 0. The number of nitrogens with one attached hydrogen (secondary N) is 1. The first-order valence-electron chi connectivity index (χ1n) is 4.57. The van der Waals surface area contributed by atoms with Gasteiger partial charge in [-0.2, -0.15) is 0 Å². The van der Waals surface area contributed by atoms with Crippen LogP contribution in [0.5, 0.6) is 0 Å². The van der Waals surface area contributed by atoms with E-state index in [0.717, 1.165) is 6.42 Å². The number of aromatic nitrogens is 2. The first-order chi connectivity index (χ1) is 7.18. The monoisotopic (exact) mass is 225 g/mol. The van der Waals surface area contributed by atoms with E-state index >= 15 is 0 Å². The van der Waals surface area contributed by atoms with Crippen molar-refractivity contribution in [3.63, 3.8) is 0 Å². The van der Waals surface area contributed by atoms with Crippen molar-refractivity contribution in [2.75, 3.05) is 6.54 Å². The molecule has 0 fully saturated rings. The highest BCUT2D eigenvalue weighted by atomic mass is 35.5. The van der Waals surface area contributed by atoms with Crippen LogP contribution in [0, 0.1) is 0 Å². The minimum absolute atomic E-state index is 0.0221. The molecule has 0 saturated heterocycles. The summed E-state index contributed by atoms with van der Waals surface area (Å²) in [4.78, 5) is 18.5. The Morgan fingerprint density at radius 3 is 2.80 bits per heavy atom. The fraction of sp³-hybridized carbons (Fsp3) is 0.300. The molecule has 15 heavy (non-hydrogen) atoms. The Kier molecular flexibility index (Phi) is 4.77. The van der Waals surface area contributed by atoms with Crippen molar-refractivity contribution in [1.29, 1.82) is 0 Å². The highest BCUT2D eigenvalue weighted by Crippen LogP contribution is 2.03. The topological polar surface area (TPSA) is 54.9 Å². The molecule has 0 saturated carbocycles. The molecule has 0 spiro atoms. The quantitative estimate of drug-likeness (QED) is 0.794. The van der Waals surface area contributed by atoms with Gasteiger partial charge in [-0.3, -0.25) is 4.79 Å². The van der Waals surface area contributed by atoms with Crippen LogP contribution in [0.15, 0.2) is 18.5 Å². The zero-order valence-corrected chi connectivity index (χ0v) is 9.16. The lowest BCUT2D eigenvalue weighted by Gasteiger charge is -1.96. The van der Waals surface area contributed by atoms with Gasteiger partial charge in [0.05, 0.1) is 5.02 Å². The average molecular weight is 226 g/mol. The molecule has 1 N–H and O–H groups in total. The molecule has 1 rings (SSSR count). The largest absolute Gasteiger partial charge is 0.356 e. The van der Waals surface area contributed by atoms with Crippen molar-refractivity contribution in [3.8, 4) is 0 Å². The number of carbonyl (C=O) groups excluding carboxylic acids is 1. The van der Waals surface area contributed by atoms with Crippen LogP contribution in [0.4, 0.5) is 0 Å². The second-order valence-corrected chi connectivity index (χ2v) is 3.37. The van der Waals surface area contributed by atoms with Gasteiger partial charge in [0.2, 0.25) is 5.91 Å². The van der Waals surface area contributed by atoms with Crippen molar-refractivity contribution in [1.82, 2.24) is 15.3 Å². The Hall–Kier alpha value is -1.42. The average Bonchev–Trinajstić information content (AvgIpc) is 2.20. The van der Waals surface area contributed by atoms with Crippen molar-refractivity contribution in [2.45, 2.75) is 13.3 Å². The molecular formula is C10H12ClN3O. The van der Waals surface area contributed by atoms with Crippen LogP contribution in [-0.2, 0) is 4.79 Å². The Balaban J connectivity index is 2.32. The van der Waals surface area contributed by atoms with Gasteiger partial charge in [-0.1, -0.05) is 17.7 Å². The van der Waals surface area contributed by atoms with E-state index in [-0.39, 0.29) is 5.91 Å². The van der Waals surface area contributed by atoms with Crippen LogP contribution < -0.4 is 5.32 Å². The van der Waals surface area contributed by atoms with E-state index in [4.69, 9.17) is 11.6 Å². The van der Waals surface area contributed by atoms with E-state index < -0.39 is 0 Å². The molecule has 0 aliphatic carbocycles. The summed E-state index contributed by atoms with van der Waals surface area (Å²) < 4.78 is 0. The van der Waals surface area contributed by atoms with Crippen LogP contribution in [0.1, 0.15) is 19.2 Å². The summed E-state index contributed by atoms with van der Waals surface area (Å²) in [5.41, 5.74) is 0. The molecule has 0 atom stereocenters. The van der Waals surface area contributed by atoms with E-state index in [9.17, 15) is 4.79 Å². The lowest BCUT2D eigenvalue weighted by Crippen LogP contribution is -2.20. The summed E-state index contributed by atoms with van der Waals surface area (Å²) in [6.07, 6.45) is 7.53. The van der Waals surface area contributed by atoms with Crippen molar-refractivity contribution < 1.29 is 4.79 Å². The predicted molar refractivity (Wildman–Crippen MR) is 59.4 cm³/mol. The Bertz CT molecular complexity index is 348. The fourth-order valence-corrected chi connectivity index (χ4v) is 1.03. The summed E-state index contributed by atoms with van der Waals surface area (Å²) in [7, 11) is 0. The number of hydrogen-bond donors (Lipinski definition) is 1. The molecule has 1 aromatic heterocycles. The van der Waals surface area contributed by atoms with Gasteiger partial charge < -0.3 is 5.32 Å². The summed E-state index contributed by atoms with van der Waals surface area (Å²) in [5.74, 6) is 0.591. The highest BCUT2D eigenvalue weighted by molar-refractivity contribution is 6.30. The first-order valence-corrected chi connectivity index (χ1v) is 4.95. The van der Waals surface area contributed by atoms with Gasteiger partial charge in [0.25, 0.3) is 0 Å². The van der Waals surface area contributed by atoms with Gasteiger partial charge in [0, 0.05) is 25.9 Å². The number of nitrogens with zero attached hydrogens (tertiary/aromatic N) is 2. The number of halogens is 1. The van der Waals surface area contributed by atoms with Crippen LogP contribution in [0.3, 0.4) is 0 Å². The lowest BCUT2D eigenvalue weighted by atomic mass is 10.3. The zero-order chi connectivity index (χ0) is 11.1. The van der Waals surface area contributed by atoms with Crippen molar-refractivity contribution >= 4 is 23.6 Å². The van der Waals surface area contributed by atoms with Crippen LogP contribution in [0.25, 0.3) is 6.08 Å². The molecule has 4 nitrogen and oxygen atoms in total. The number of hydrogen-bond acceptors (Lipinski definition) is 3. The molecule has 0 aliphatic rings. The minimum Gasteiger partial charge on any atom is -0.356 e. The summed E-state index contributed by atoms with van der Waals surface area (Å²) >= 11 is 5.63. The third-order valence-corrected chi connectivity index (χ3v) is 1.79. The van der Waals surface area contributed by atoms with Crippen LogP contribution >= 0.6 is 11.6 Å². The Morgan fingerprint density at radius 1 is 1.53 bits per heavy atom. The van der Waals surface area contributed by atoms with Crippen molar-refractivity contribution in [2.24, 2.45) is 0 Å². The molecule has 0 radical (unpaired) electrons. The molecule has 0 aromatic carbocycles. The zero-order valence-electron chi connectivity index (χ0n) is 8.40. The van der Waals surface area contributed by atoms with E-state index in [1.54, 1.807) is 18.5 Å². The highest BCUT2D eigenvalue weighted by Gasteiger charge is 1.91. The second-order valence-electron chi connectivity index (χ2n) is 2.93. The third kappa shape index (κ3) is 5.12. The molecular weight excluding hydrogens is 214 g/mol. The van der Waals surface area contributed by atoms with Gasteiger partial charge in [-0.15, -0.1) is 0 Å². The van der Waals surface area contributed by atoms with Crippen LogP contribution in [-0.4, -0.2) is 22.4 Å². The lowest BCUT2D eigenvalue weighted by molar-refractivity contribution is -0.118. The van der Waals surface area contributed by atoms with E-state index in [0.29, 0.717) is 17.4 Å². The maximum Gasteiger partial charge on any atom is 0.216 e. The van der Waals surface area contributed by atoms with Gasteiger partial charge in [0.1, 0.15) is 0 Å². The Labute approximate surface area is 93.4 Å². The van der Waals surface area contributed by atoms with Gasteiger partial charge in [0.15, 0.2) is 5.82 Å². The van der Waals surface area contributed by atoms with E-state index in [1.165, 1.54) is 6.92 Å². The van der Waals surface area contributed by atoms with Crippen LogP contribution in [0.2, 0.25) is 5.02 Å². The number of amides is 1. The van der Waals surface area contributed by atoms with Gasteiger partial charge >= 0.3 is 0 Å². The predicted octanol–water partition coefficient (Wildman–Crippen LogP) is 1.67. The third-order valence-electron chi connectivity index (χ3n) is 1.59. The van der Waals surface area contributed by atoms with E-state index in [2.05, 4.69) is 15.3 Å². The number of carbonyl (C=O) groups is 1. The molecule has 80 valence electrons. The van der Waals surface area contributed by atoms with Gasteiger partial charge in [-0.25, -0.2) is 9.97 Å². The number of rotatable bonds is 4. The van der Waals surface area contributed by atoms with Crippen molar-refractivity contribution in [3.05, 3.63) is 29.3 Å². The van der Waals surface area contributed by atoms with Gasteiger partial charge in [-0.05, 0) is 12.5 Å². The molecule has 0 bridgehead atoms. The first kappa shape index (κ1) is 11.7. The standard InChI is InChI=1S/C10H12ClN3O/c1-8(15)12-5-3-2-4-10-13-6-9(11)7-14-10/h2,4,6-7H,3,5H2,1H3,(H,12,15). The molecule has 5 heteroatoms. The Morgan fingerprint density at radius 2 is 2.20 bits per heavy atom. The molecule has 1 amide bonds. The fourth-order valence-electron chi connectivity index (χ4n) is 0.929. The molecule has 1 heterocycles. The van der Waals surface area contributed by atoms with E-state index in [1.807, 2.05) is 6.08 Å². The molecule has 0 unspecified atom stereocenters. The maximum atomic E-state index is 10.5. The smallest absolute Gasteiger partial charge is 0.216 e. The minimum atomic E-state index is -0.0221. The second kappa shape index (κ2) is 6.14. The molecule has 1 aromatic rings. The maximum absolute atomic E-state index is 10.5. The normalized spacial score (nSPS) is 10.5. The molecule has 0 aliphatic heterocycles. The summed E-state index contributed by atoms with van der Waals surface area (Å²) in [6.45, 7) is 2.12. The summed E-state index contributed by atoms with van der Waals surface area (Å²) in [5, 5.41) is 3.21.